The molecule has 0 saturated heterocycles. The molecule has 1 aromatic carbocycles. The van der Waals surface area contributed by atoms with Crippen LogP contribution in [0.2, 0.25) is 0 Å². The van der Waals surface area contributed by atoms with E-state index in [9.17, 15) is 0 Å². The minimum atomic E-state index is 0.524. The summed E-state index contributed by atoms with van der Waals surface area (Å²) in [5.74, 6) is 0. The predicted molar refractivity (Wildman–Crippen MR) is 87.0 cm³/mol. The van der Waals surface area contributed by atoms with Crippen LogP contribution < -0.4 is 5.32 Å². The van der Waals surface area contributed by atoms with Crippen molar-refractivity contribution in [1.82, 2.24) is 4.98 Å². The van der Waals surface area contributed by atoms with Crippen molar-refractivity contribution < 1.29 is 0 Å². The SMILES string of the molecule is CC1(C)CCC(Nc2nc3ccc(Br)cc3s2)CC1. The van der Waals surface area contributed by atoms with Crippen LogP contribution in [0, 0.1) is 5.41 Å². The van der Waals surface area contributed by atoms with E-state index in [1.54, 1.807) is 11.3 Å². The lowest BCUT2D eigenvalue weighted by Crippen LogP contribution is -2.29. The molecule has 1 heterocycles. The molecule has 0 radical (unpaired) electrons. The van der Waals surface area contributed by atoms with E-state index in [1.165, 1.54) is 30.4 Å². The number of rotatable bonds is 2. The molecule has 102 valence electrons. The summed E-state index contributed by atoms with van der Waals surface area (Å²) in [4.78, 5) is 4.67. The average molecular weight is 339 g/mol. The molecule has 0 bridgehead atoms. The Morgan fingerprint density at radius 1 is 1.32 bits per heavy atom. The number of aromatic nitrogens is 1. The molecule has 0 spiro atoms. The number of fused-ring (bicyclic) bond motifs is 1. The molecule has 1 N–H and O–H groups in total. The molecule has 19 heavy (non-hydrogen) atoms. The van der Waals surface area contributed by atoms with Crippen LogP contribution in [0.4, 0.5) is 5.13 Å². The lowest BCUT2D eigenvalue weighted by molar-refractivity contribution is 0.232. The van der Waals surface area contributed by atoms with Gasteiger partial charge in [0.25, 0.3) is 0 Å². The zero-order valence-electron chi connectivity index (χ0n) is 11.4. The van der Waals surface area contributed by atoms with Crippen LogP contribution in [0.5, 0.6) is 0 Å². The van der Waals surface area contributed by atoms with Crippen molar-refractivity contribution in [2.75, 3.05) is 5.32 Å². The van der Waals surface area contributed by atoms with Crippen LogP contribution in [0.15, 0.2) is 22.7 Å². The van der Waals surface area contributed by atoms with Gasteiger partial charge in [-0.1, -0.05) is 41.1 Å². The molecule has 0 amide bonds. The van der Waals surface area contributed by atoms with Crippen molar-refractivity contribution in [3.05, 3.63) is 22.7 Å². The summed E-state index contributed by atoms with van der Waals surface area (Å²) < 4.78 is 2.36. The lowest BCUT2D eigenvalue weighted by atomic mass is 9.76. The highest BCUT2D eigenvalue weighted by molar-refractivity contribution is 9.10. The van der Waals surface area contributed by atoms with E-state index in [0.29, 0.717) is 11.5 Å². The maximum atomic E-state index is 4.67. The number of hydrogen-bond acceptors (Lipinski definition) is 3. The fourth-order valence-corrected chi connectivity index (χ4v) is 4.17. The van der Waals surface area contributed by atoms with Crippen molar-refractivity contribution >= 4 is 42.6 Å². The van der Waals surface area contributed by atoms with E-state index in [4.69, 9.17) is 0 Å². The monoisotopic (exact) mass is 338 g/mol. The normalized spacial score (nSPS) is 19.7. The first kappa shape index (κ1) is 13.4. The van der Waals surface area contributed by atoms with E-state index in [0.717, 1.165) is 15.1 Å². The minimum absolute atomic E-state index is 0.524. The highest BCUT2D eigenvalue weighted by atomic mass is 79.9. The summed E-state index contributed by atoms with van der Waals surface area (Å²) >= 11 is 5.26. The molecule has 1 fully saturated rings. The second-order valence-electron chi connectivity index (χ2n) is 6.21. The zero-order chi connectivity index (χ0) is 13.5. The van der Waals surface area contributed by atoms with Crippen LogP contribution in [0.1, 0.15) is 39.5 Å². The summed E-state index contributed by atoms with van der Waals surface area (Å²) in [6.45, 7) is 4.75. The summed E-state index contributed by atoms with van der Waals surface area (Å²) in [7, 11) is 0. The Labute approximate surface area is 126 Å². The van der Waals surface area contributed by atoms with Crippen molar-refractivity contribution in [1.29, 1.82) is 0 Å². The van der Waals surface area contributed by atoms with Crippen molar-refractivity contribution in [2.45, 2.75) is 45.6 Å². The molecule has 1 saturated carbocycles. The summed E-state index contributed by atoms with van der Waals surface area (Å²) in [6.07, 6.45) is 5.13. The molecule has 0 unspecified atom stereocenters. The first-order valence-electron chi connectivity index (χ1n) is 6.84. The Kier molecular flexibility index (Phi) is 3.56. The molecule has 4 heteroatoms. The van der Waals surface area contributed by atoms with Gasteiger partial charge in [-0.3, -0.25) is 0 Å². The highest BCUT2D eigenvalue weighted by Gasteiger charge is 2.27. The van der Waals surface area contributed by atoms with Gasteiger partial charge in [0, 0.05) is 10.5 Å². The van der Waals surface area contributed by atoms with Gasteiger partial charge in [0.2, 0.25) is 0 Å². The van der Waals surface area contributed by atoms with E-state index in [2.05, 4.69) is 58.3 Å². The lowest BCUT2D eigenvalue weighted by Gasteiger charge is -2.34. The van der Waals surface area contributed by atoms with E-state index >= 15 is 0 Å². The van der Waals surface area contributed by atoms with Crippen molar-refractivity contribution in [3.8, 4) is 0 Å². The third-order valence-corrected chi connectivity index (χ3v) is 5.46. The Morgan fingerprint density at radius 3 is 2.79 bits per heavy atom. The van der Waals surface area contributed by atoms with Gasteiger partial charge in [-0.05, 0) is 49.3 Å². The fourth-order valence-electron chi connectivity index (χ4n) is 2.68. The van der Waals surface area contributed by atoms with Crippen LogP contribution in [-0.2, 0) is 0 Å². The predicted octanol–water partition coefficient (Wildman–Crippen LogP) is 5.44. The molecule has 3 rings (SSSR count). The summed E-state index contributed by atoms with van der Waals surface area (Å²) in [5.41, 5.74) is 1.61. The van der Waals surface area contributed by atoms with E-state index in [-0.39, 0.29) is 0 Å². The second kappa shape index (κ2) is 5.06. The third kappa shape index (κ3) is 3.11. The highest BCUT2D eigenvalue weighted by Crippen LogP contribution is 2.37. The topological polar surface area (TPSA) is 24.9 Å². The van der Waals surface area contributed by atoms with Gasteiger partial charge in [0.05, 0.1) is 10.2 Å². The summed E-state index contributed by atoms with van der Waals surface area (Å²) in [5, 5.41) is 4.69. The van der Waals surface area contributed by atoms with Crippen LogP contribution in [0.3, 0.4) is 0 Å². The molecule has 1 aliphatic carbocycles. The molecule has 2 nitrogen and oxygen atoms in total. The van der Waals surface area contributed by atoms with Crippen LogP contribution >= 0.6 is 27.3 Å². The van der Waals surface area contributed by atoms with Gasteiger partial charge in [-0.2, -0.15) is 0 Å². The Balaban J connectivity index is 1.72. The van der Waals surface area contributed by atoms with Gasteiger partial charge in [0.15, 0.2) is 5.13 Å². The quantitative estimate of drug-likeness (QED) is 0.788. The van der Waals surface area contributed by atoms with Crippen molar-refractivity contribution in [3.63, 3.8) is 0 Å². The molecule has 2 aromatic rings. The molecule has 0 atom stereocenters. The maximum absolute atomic E-state index is 4.67. The van der Waals surface area contributed by atoms with Crippen LogP contribution in [0.25, 0.3) is 10.2 Å². The number of nitrogens with one attached hydrogen (secondary N) is 1. The van der Waals surface area contributed by atoms with E-state index in [1.807, 2.05) is 0 Å². The number of hydrogen-bond donors (Lipinski definition) is 1. The molecule has 1 aliphatic rings. The fraction of sp³-hybridized carbons (Fsp3) is 0.533. The number of benzene rings is 1. The first-order valence-corrected chi connectivity index (χ1v) is 8.45. The molecular formula is C15H19BrN2S. The average Bonchev–Trinajstić information content (AvgIpc) is 2.73. The molecule has 1 aromatic heterocycles. The van der Waals surface area contributed by atoms with E-state index < -0.39 is 0 Å². The smallest absolute Gasteiger partial charge is 0.184 e. The van der Waals surface area contributed by atoms with Gasteiger partial charge < -0.3 is 5.32 Å². The van der Waals surface area contributed by atoms with Crippen LogP contribution in [-0.4, -0.2) is 11.0 Å². The Morgan fingerprint density at radius 2 is 2.05 bits per heavy atom. The maximum Gasteiger partial charge on any atom is 0.184 e. The van der Waals surface area contributed by atoms with Gasteiger partial charge >= 0.3 is 0 Å². The first-order chi connectivity index (χ1) is 9.02. The number of nitrogens with zero attached hydrogens (tertiary/aromatic N) is 1. The Bertz CT molecular complexity index is 581. The minimum Gasteiger partial charge on any atom is -0.359 e. The number of halogens is 1. The number of anilines is 1. The van der Waals surface area contributed by atoms with Gasteiger partial charge in [0.1, 0.15) is 0 Å². The number of thiazole rings is 1. The largest absolute Gasteiger partial charge is 0.359 e. The van der Waals surface area contributed by atoms with Gasteiger partial charge in [-0.25, -0.2) is 4.98 Å². The third-order valence-electron chi connectivity index (χ3n) is 4.02. The standard InChI is InChI=1S/C15H19BrN2S/c1-15(2)7-5-11(6-8-15)17-14-18-12-4-3-10(16)9-13(12)19-14/h3-4,9,11H,5-8H2,1-2H3,(H,17,18). The second-order valence-corrected chi connectivity index (χ2v) is 8.16. The zero-order valence-corrected chi connectivity index (χ0v) is 13.8. The molecule has 0 aliphatic heterocycles. The summed E-state index contributed by atoms with van der Waals surface area (Å²) in [6, 6.07) is 6.86. The van der Waals surface area contributed by atoms with Crippen molar-refractivity contribution in [2.24, 2.45) is 5.41 Å². The molecular weight excluding hydrogens is 320 g/mol. The van der Waals surface area contributed by atoms with Gasteiger partial charge in [-0.15, -0.1) is 0 Å². The Hall–Kier alpha value is -0.610.